The molecule has 1 amide bonds. The first-order chi connectivity index (χ1) is 13.3. The predicted molar refractivity (Wildman–Crippen MR) is 110 cm³/mol. The molecule has 3 rings (SSSR count). The zero-order valence-electron chi connectivity index (χ0n) is 15.9. The summed E-state index contributed by atoms with van der Waals surface area (Å²) in [5, 5.41) is 4.73. The Balaban J connectivity index is 1.88. The van der Waals surface area contributed by atoms with Crippen LogP contribution in [0.5, 0.6) is 0 Å². The van der Waals surface area contributed by atoms with E-state index in [2.05, 4.69) is 0 Å². The number of hydrogen-bond donors (Lipinski definition) is 0. The topological polar surface area (TPSA) is 72.3 Å². The summed E-state index contributed by atoms with van der Waals surface area (Å²) >= 11 is 0. The Morgan fingerprint density at radius 3 is 2.25 bits per heavy atom. The van der Waals surface area contributed by atoms with Crippen LogP contribution in [0.1, 0.15) is 12.0 Å². The molecule has 0 bridgehead atoms. The fourth-order valence-electron chi connectivity index (χ4n) is 2.88. The summed E-state index contributed by atoms with van der Waals surface area (Å²) in [7, 11) is -1.49. The maximum Gasteiger partial charge on any atom is 0.223 e. The molecular weight excluding hydrogens is 374 g/mol. The summed E-state index contributed by atoms with van der Waals surface area (Å²) in [4.78, 5) is 13.9. The summed E-state index contributed by atoms with van der Waals surface area (Å²) in [6, 6.07) is 19.6. The predicted octanol–water partition coefficient (Wildman–Crippen LogP) is 2.93. The Labute approximate surface area is 165 Å². The van der Waals surface area contributed by atoms with Gasteiger partial charge < -0.3 is 4.90 Å². The lowest BCUT2D eigenvalue weighted by Gasteiger charge is -2.17. The molecule has 0 aliphatic rings. The lowest BCUT2D eigenvalue weighted by atomic mass is 10.1. The molecule has 3 aromatic rings. The molecular formula is C21H23N3O3S. The number of hydrogen-bond acceptors (Lipinski definition) is 4. The van der Waals surface area contributed by atoms with Crippen molar-refractivity contribution in [2.45, 2.75) is 13.0 Å². The molecule has 0 saturated carbocycles. The fraction of sp³-hybridized carbons (Fsp3) is 0.238. The zero-order chi connectivity index (χ0) is 20.1. The molecule has 146 valence electrons. The molecule has 0 unspecified atom stereocenters. The number of rotatable bonds is 7. The van der Waals surface area contributed by atoms with Crippen molar-refractivity contribution < 1.29 is 13.2 Å². The number of carbonyl (C=O) groups excluding carboxylic acids is 1. The lowest BCUT2D eigenvalue weighted by molar-refractivity contribution is -0.130. The summed E-state index contributed by atoms with van der Waals surface area (Å²) in [5.41, 5.74) is 3.58. The Morgan fingerprint density at radius 2 is 1.64 bits per heavy atom. The third kappa shape index (κ3) is 5.07. The molecule has 0 atom stereocenters. The van der Waals surface area contributed by atoms with E-state index >= 15 is 0 Å². The Hall–Kier alpha value is -2.93. The minimum Gasteiger partial charge on any atom is -0.341 e. The third-order valence-electron chi connectivity index (χ3n) is 4.38. The van der Waals surface area contributed by atoms with Gasteiger partial charge in [-0.2, -0.15) is 5.10 Å². The van der Waals surface area contributed by atoms with Crippen LogP contribution in [0.25, 0.3) is 16.9 Å². The summed E-state index contributed by atoms with van der Waals surface area (Å²) < 4.78 is 24.5. The number of aromatic nitrogens is 2. The second-order valence-electron chi connectivity index (χ2n) is 6.78. The fourth-order valence-corrected chi connectivity index (χ4v) is 3.43. The van der Waals surface area contributed by atoms with Crippen molar-refractivity contribution >= 4 is 15.7 Å². The first-order valence-corrected chi connectivity index (χ1v) is 11.0. The maximum absolute atomic E-state index is 12.4. The molecule has 0 aliphatic carbocycles. The van der Waals surface area contributed by atoms with Crippen molar-refractivity contribution in [1.82, 2.24) is 14.7 Å². The molecule has 0 radical (unpaired) electrons. The van der Waals surface area contributed by atoms with Crippen LogP contribution < -0.4 is 0 Å². The highest BCUT2D eigenvalue weighted by molar-refractivity contribution is 7.90. The standard InChI is InChI=1S/C21H23N3O3S/c1-23(20(25)13-14-28(2,26)27)15-18-16-24(19-11-7-4-8-12-19)22-21(18)17-9-5-3-6-10-17/h3-12,16H,13-15H2,1-2H3. The van der Waals surface area contributed by atoms with Crippen LogP contribution in [0.15, 0.2) is 66.9 Å². The van der Waals surface area contributed by atoms with E-state index in [1.807, 2.05) is 66.9 Å². The van der Waals surface area contributed by atoms with Crippen molar-refractivity contribution in [3.05, 3.63) is 72.4 Å². The van der Waals surface area contributed by atoms with Crippen LogP contribution in [0.3, 0.4) is 0 Å². The van der Waals surface area contributed by atoms with E-state index in [0.717, 1.165) is 28.8 Å². The average Bonchev–Trinajstić information content (AvgIpc) is 3.10. The van der Waals surface area contributed by atoms with Gasteiger partial charge in [-0.05, 0) is 12.1 Å². The summed E-state index contributed by atoms with van der Waals surface area (Å²) in [6.07, 6.45) is 3.03. The van der Waals surface area contributed by atoms with Gasteiger partial charge in [-0.15, -0.1) is 0 Å². The molecule has 0 spiro atoms. The van der Waals surface area contributed by atoms with Crippen molar-refractivity contribution in [1.29, 1.82) is 0 Å². The van der Waals surface area contributed by atoms with Crippen molar-refractivity contribution in [2.24, 2.45) is 0 Å². The molecule has 28 heavy (non-hydrogen) atoms. The van der Waals surface area contributed by atoms with E-state index in [1.54, 1.807) is 16.6 Å². The molecule has 7 heteroatoms. The van der Waals surface area contributed by atoms with Crippen molar-refractivity contribution in [3.63, 3.8) is 0 Å². The molecule has 0 fully saturated rings. The van der Waals surface area contributed by atoms with Gasteiger partial charge in [0.1, 0.15) is 9.84 Å². The Bertz CT molecular complexity index is 1050. The molecule has 0 N–H and O–H groups in total. The van der Waals surface area contributed by atoms with Gasteiger partial charge in [0, 0.05) is 43.6 Å². The zero-order valence-corrected chi connectivity index (χ0v) is 16.8. The molecule has 0 saturated heterocycles. The number of benzene rings is 2. The van der Waals surface area contributed by atoms with E-state index in [9.17, 15) is 13.2 Å². The number of amides is 1. The van der Waals surface area contributed by atoms with Crippen LogP contribution in [0.4, 0.5) is 0 Å². The molecule has 1 heterocycles. The molecule has 0 aliphatic heterocycles. The van der Waals surface area contributed by atoms with E-state index in [0.29, 0.717) is 6.54 Å². The van der Waals surface area contributed by atoms with Crippen LogP contribution in [0, 0.1) is 0 Å². The largest absolute Gasteiger partial charge is 0.341 e. The van der Waals surface area contributed by atoms with Crippen LogP contribution in [-0.4, -0.2) is 48.1 Å². The molecule has 6 nitrogen and oxygen atoms in total. The van der Waals surface area contributed by atoms with Crippen molar-refractivity contribution in [3.8, 4) is 16.9 Å². The maximum atomic E-state index is 12.4. The Morgan fingerprint density at radius 1 is 1.04 bits per heavy atom. The lowest BCUT2D eigenvalue weighted by Crippen LogP contribution is -2.27. The summed E-state index contributed by atoms with van der Waals surface area (Å²) in [5.74, 6) is -0.359. The number of nitrogens with zero attached hydrogens (tertiary/aromatic N) is 3. The van der Waals surface area contributed by atoms with Crippen LogP contribution >= 0.6 is 0 Å². The smallest absolute Gasteiger partial charge is 0.223 e. The van der Waals surface area contributed by atoms with E-state index in [1.165, 1.54) is 0 Å². The minimum absolute atomic E-state index is 0.0250. The minimum atomic E-state index is -3.17. The first-order valence-electron chi connectivity index (χ1n) is 8.94. The van der Waals surface area contributed by atoms with Gasteiger partial charge in [-0.25, -0.2) is 13.1 Å². The highest BCUT2D eigenvalue weighted by Gasteiger charge is 2.17. The number of para-hydroxylation sites is 1. The SMILES string of the molecule is CN(Cc1cn(-c2ccccc2)nc1-c1ccccc1)C(=O)CCS(C)(=O)=O. The quantitative estimate of drug-likeness (QED) is 0.614. The van der Waals surface area contributed by atoms with E-state index in [-0.39, 0.29) is 18.1 Å². The first kappa shape index (κ1) is 19.8. The number of sulfone groups is 1. The third-order valence-corrected chi connectivity index (χ3v) is 5.32. The molecule has 2 aromatic carbocycles. The second kappa shape index (κ2) is 8.39. The van der Waals surface area contributed by atoms with Gasteiger partial charge in [-0.1, -0.05) is 48.5 Å². The van der Waals surface area contributed by atoms with Gasteiger partial charge in [0.05, 0.1) is 17.1 Å². The monoisotopic (exact) mass is 397 g/mol. The highest BCUT2D eigenvalue weighted by atomic mass is 32.2. The van der Waals surface area contributed by atoms with Gasteiger partial charge in [0.2, 0.25) is 5.91 Å². The van der Waals surface area contributed by atoms with Gasteiger partial charge in [0.15, 0.2) is 0 Å². The number of carbonyl (C=O) groups is 1. The van der Waals surface area contributed by atoms with Gasteiger partial charge >= 0.3 is 0 Å². The highest BCUT2D eigenvalue weighted by Crippen LogP contribution is 2.24. The Kier molecular flexibility index (Phi) is 5.94. The van der Waals surface area contributed by atoms with Crippen molar-refractivity contribution in [2.75, 3.05) is 19.1 Å². The van der Waals surface area contributed by atoms with Gasteiger partial charge in [0.25, 0.3) is 0 Å². The van der Waals surface area contributed by atoms with E-state index < -0.39 is 9.84 Å². The van der Waals surface area contributed by atoms with E-state index in [4.69, 9.17) is 5.10 Å². The molecule has 1 aromatic heterocycles. The normalized spacial score (nSPS) is 11.4. The second-order valence-corrected chi connectivity index (χ2v) is 9.04. The summed E-state index contributed by atoms with van der Waals surface area (Å²) in [6.45, 7) is 0.347. The van der Waals surface area contributed by atoms with Gasteiger partial charge in [-0.3, -0.25) is 4.79 Å². The average molecular weight is 398 g/mol. The van der Waals surface area contributed by atoms with Crippen LogP contribution in [-0.2, 0) is 21.2 Å². The van der Waals surface area contributed by atoms with Crippen LogP contribution in [0.2, 0.25) is 0 Å².